The van der Waals surface area contributed by atoms with Gasteiger partial charge in [-0.1, -0.05) is 27.7 Å². The molecule has 2 aromatic carbocycles. The van der Waals surface area contributed by atoms with E-state index in [1.54, 1.807) is 0 Å². The van der Waals surface area contributed by atoms with Gasteiger partial charge in [-0.05, 0) is 62.4 Å². The molecule has 0 saturated carbocycles. The summed E-state index contributed by atoms with van der Waals surface area (Å²) in [6.45, 7) is 5.34. The van der Waals surface area contributed by atoms with Crippen molar-refractivity contribution in [1.29, 1.82) is 0 Å². The molecule has 0 aliphatic carbocycles. The van der Waals surface area contributed by atoms with Crippen LogP contribution in [-0.4, -0.2) is 33.0 Å². The van der Waals surface area contributed by atoms with Crippen LogP contribution in [0.4, 0.5) is 5.69 Å². The van der Waals surface area contributed by atoms with Crippen molar-refractivity contribution in [3.05, 3.63) is 53.0 Å². The number of nitrogens with zero attached hydrogens (tertiary/aromatic N) is 3. The summed E-state index contributed by atoms with van der Waals surface area (Å²) in [7, 11) is 0. The number of aromatic nitrogens is 3. The Bertz CT molecular complexity index is 926. The van der Waals surface area contributed by atoms with Crippen LogP contribution in [0.25, 0.3) is 11.4 Å². The maximum absolute atomic E-state index is 12.2. The largest absolute Gasteiger partial charge is 0.494 e. The molecule has 8 heteroatoms. The van der Waals surface area contributed by atoms with Gasteiger partial charge in [0.2, 0.25) is 5.91 Å². The van der Waals surface area contributed by atoms with Crippen molar-refractivity contribution < 1.29 is 9.53 Å². The Morgan fingerprint density at radius 3 is 2.46 bits per heavy atom. The molecule has 6 nitrogen and oxygen atoms in total. The van der Waals surface area contributed by atoms with Crippen LogP contribution < -0.4 is 10.1 Å². The van der Waals surface area contributed by atoms with Crippen LogP contribution in [-0.2, 0) is 11.3 Å². The molecule has 0 spiro atoms. The number of anilines is 1. The van der Waals surface area contributed by atoms with E-state index >= 15 is 0 Å². The van der Waals surface area contributed by atoms with Crippen molar-refractivity contribution in [3.8, 4) is 17.1 Å². The first-order chi connectivity index (χ1) is 13.6. The number of thioether (sulfide) groups is 1. The predicted octanol–water partition coefficient (Wildman–Crippen LogP) is 4.86. The number of nitrogens with one attached hydrogen (secondary N) is 1. The molecule has 0 radical (unpaired) electrons. The summed E-state index contributed by atoms with van der Waals surface area (Å²) in [6.07, 6.45) is 0. The van der Waals surface area contributed by atoms with Crippen LogP contribution in [0.2, 0.25) is 0 Å². The molecule has 0 bridgehead atoms. The first-order valence-corrected chi connectivity index (χ1v) is 10.7. The topological polar surface area (TPSA) is 69.0 Å². The van der Waals surface area contributed by atoms with Crippen molar-refractivity contribution in [2.45, 2.75) is 25.5 Å². The van der Waals surface area contributed by atoms with E-state index in [9.17, 15) is 4.79 Å². The van der Waals surface area contributed by atoms with Gasteiger partial charge in [-0.15, -0.1) is 10.2 Å². The first-order valence-electron chi connectivity index (χ1n) is 8.95. The summed E-state index contributed by atoms with van der Waals surface area (Å²) in [6, 6.07) is 15.3. The Hall–Kier alpha value is -2.32. The molecule has 0 fully saturated rings. The van der Waals surface area contributed by atoms with Crippen molar-refractivity contribution >= 4 is 39.3 Å². The molecule has 1 N–H and O–H groups in total. The molecule has 1 aromatic heterocycles. The van der Waals surface area contributed by atoms with Crippen LogP contribution in [0, 0.1) is 0 Å². The van der Waals surface area contributed by atoms with Crippen molar-refractivity contribution in [2.75, 3.05) is 17.7 Å². The molecule has 3 aromatic rings. The maximum atomic E-state index is 12.2. The highest BCUT2D eigenvalue weighted by Crippen LogP contribution is 2.26. The zero-order valence-corrected chi connectivity index (χ0v) is 18.1. The molecule has 1 heterocycles. The third-order valence-corrected chi connectivity index (χ3v) is 5.41. The quantitative estimate of drug-likeness (QED) is 0.486. The Kier molecular flexibility index (Phi) is 7.11. The average molecular weight is 461 g/mol. The van der Waals surface area contributed by atoms with Crippen LogP contribution in [0.5, 0.6) is 5.75 Å². The number of rotatable bonds is 8. The van der Waals surface area contributed by atoms with Crippen LogP contribution >= 0.6 is 27.7 Å². The minimum atomic E-state index is -0.0828. The van der Waals surface area contributed by atoms with Gasteiger partial charge in [-0.25, -0.2) is 0 Å². The summed E-state index contributed by atoms with van der Waals surface area (Å²) in [5.74, 6) is 1.78. The Labute approximate surface area is 176 Å². The Morgan fingerprint density at radius 1 is 1.11 bits per heavy atom. The van der Waals surface area contributed by atoms with Gasteiger partial charge in [0.15, 0.2) is 11.0 Å². The molecular weight excluding hydrogens is 440 g/mol. The second-order valence-electron chi connectivity index (χ2n) is 5.85. The Morgan fingerprint density at radius 2 is 1.82 bits per heavy atom. The van der Waals surface area contributed by atoms with E-state index in [0.717, 1.165) is 32.5 Å². The smallest absolute Gasteiger partial charge is 0.234 e. The van der Waals surface area contributed by atoms with Crippen molar-refractivity contribution in [2.24, 2.45) is 0 Å². The number of ether oxygens (including phenoxy) is 1. The molecular formula is C20H21BrN4O2S. The summed E-state index contributed by atoms with van der Waals surface area (Å²) in [5.41, 5.74) is 1.73. The summed E-state index contributed by atoms with van der Waals surface area (Å²) < 4.78 is 8.46. The SMILES string of the molecule is CCOc1ccc(-c2nnc(SCC(=O)Nc3ccc(Br)cc3)n2CC)cc1. The normalized spacial score (nSPS) is 10.7. The summed E-state index contributed by atoms with van der Waals surface area (Å²) >= 11 is 4.75. The standard InChI is InChI=1S/C20H21BrN4O2S/c1-3-25-19(14-5-11-17(12-6-14)27-4-2)23-24-20(25)28-13-18(26)22-16-9-7-15(21)8-10-16/h5-12H,3-4,13H2,1-2H3,(H,22,26). The average Bonchev–Trinajstić information content (AvgIpc) is 3.12. The van der Waals surface area contributed by atoms with E-state index in [0.29, 0.717) is 13.2 Å². The van der Waals surface area contributed by atoms with Gasteiger partial charge in [0.1, 0.15) is 5.75 Å². The van der Waals surface area contributed by atoms with E-state index in [4.69, 9.17) is 4.74 Å². The lowest BCUT2D eigenvalue weighted by molar-refractivity contribution is -0.113. The van der Waals surface area contributed by atoms with Gasteiger partial charge in [0.05, 0.1) is 12.4 Å². The van der Waals surface area contributed by atoms with Gasteiger partial charge in [-0.2, -0.15) is 0 Å². The molecule has 0 aliphatic heterocycles. The molecule has 0 aliphatic rings. The molecule has 0 unspecified atom stereocenters. The lowest BCUT2D eigenvalue weighted by atomic mass is 10.2. The predicted molar refractivity (Wildman–Crippen MR) is 116 cm³/mol. The van der Waals surface area contributed by atoms with Gasteiger partial charge in [-0.3, -0.25) is 4.79 Å². The highest BCUT2D eigenvalue weighted by Gasteiger charge is 2.15. The zero-order chi connectivity index (χ0) is 19.9. The molecule has 0 saturated heterocycles. The second-order valence-corrected chi connectivity index (χ2v) is 7.71. The fraction of sp³-hybridized carbons (Fsp3) is 0.250. The highest BCUT2D eigenvalue weighted by molar-refractivity contribution is 9.10. The third-order valence-electron chi connectivity index (χ3n) is 3.92. The van der Waals surface area contributed by atoms with E-state index in [2.05, 4.69) is 31.4 Å². The van der Waals surface area contributed by atoms with Gasteiger partial charge < -0.3 is 14.6 Å². The summed E-state index contributed by atoms with van der Waals surface area (Å²) in [4.78, 5) is 12.2. The summed E-state index contributed by atoms with van der Waals surface area (Å²) in [5, 5.41) is 12.2. The number of benzene rings is 2. The van der Waals surface area contributed by atoms with Crippen molar-refractivity contribution in [1.82, 2.24) is 14.8 Å². The number of carbonyl (C=O) groups excluding carboxylic acids is 1. The number of halogens is 1. The lowest BCUT2D eigenvalue weighted by Crippen LogP contribution is -2.14. The van der Waals surface area contributed by atoms with E-state index in [1.165, 1.54) is 11.8 Å². The minimum absolute atomic E-state index is 0.0828. The van der Waals surface area contributed by atoms with Gasteiger partial charge in [0.25, 0.3) is 0 Å². The lowest BCUT2D eigenvalue weighted by Gasteiger charge is -2.09. The van der Waals surface area contributed by atoms with Crippen LogP contribution in [0.3, 0.4) is 0 Å². The minimum Gasteiger partial charge on any atom is -0.494 e. The van der Waals surface area contributed by atoms with Crippen molar-refractivity contribution in [3.63, 3.8) is 0 Å². The molecule has 146 valence electrons. The number of carbonyl (C=O) groups is 1. The third kappa shape index (κ3) is 5.14. The fourth-order valence-corrected chi connectivity index (χ4v) is 3.69. The van der Waals surface area contributed by atoms with Crippen LogP contribution in [0.15, 0.2) is 58.2 Å². The van der Waals surface area contributed by atoms with E-state index < -0.39 is 0 Å². The van der Waals surface area contributed by atoms with Gasteiger partial charge >= 0.3 is 0 Å². The number of hydrogen-bond acceptors (Lipinski definition) is 5. The van der Waals surface area contributed by atoms with E-state index in [-0.39, 0.29) is 11.7 Å². The molecule has 28 heavy (non-hydrogen) atoms. The highest BCUT2D eigenvalue weighted by atomic mass is 79.9. The maximum Gasteiger partial charge on any atom is 0.234 e. The molecule has 1 amide bonds. The zero-order valence-electron chi connectivity index (χ0n) is 15.7. The first kappa shape index (κ1) is 20.4. The number of hydrogen-bond donors (Lipinski definition) is 1. The van der Waals surface area contributed by atoms with Crippen LogP contribution in [0.1, 0.15) is 13.8 Å². The number of amides is 1. The molecule has 3 rings (SSSR count). The van der Waals surface area contributed by atoms with E-state index in [1.807, 2.05) is 66.9 Å². The fourth-order valence-electron chi connectivity index (χ4n) is 2.62. The second kappa shape index (κ2) is 9.75. The van der Waals surface area contributed by atoms with Gasteiger partial charge in [0, 0.05) is 22.3 Å². The Balaban J connectivity index is 1.66. The monoisotopic (exact) mass is 460 g/mol. The molecule has 0 atom stereocenters.